The number of hydrogen-bond acceptors (Lipinski definition) is 3. The van der Waals surface area contributed by atoms with Gasteiger partial charge in [0.1, 0.15) is 5.69 Å². The summed E-state index contributed by atoms with van der Waals surface area (Å²) in [6, 6.07) is 7.48. The summed E-state index contributed by atoms with van der Waals surface area (Å²) >= 11 is 0. The maximum Gasteiger partial charge on any atom is 0.298 e. The minimum atomic E-state index is -0.603. The van der Waals surface area contributed by atoms with E-state index in [1.54, 1.807) is 6.20 Å². The second-order valence-corrected chi connectivity index (χ2v) is 3.35. The van der Waals surface area contributed by atoms with Gasteiger partial charge in [-0.3, -0.25) is 9.59 Å². The first-order chi connectivity index (χ1) is 7.27. The Morgan fingerprint density at radius 1 is 1.13 bits per heavy atom. The van der Waals surface area contributed by atoms with E-state index < -0.39 is 11.7 Å². The van der Waals surface area contributed by atoms with E-state index in [9.17, 15) is 9.59 Å². The Balaban J connectivity index is 2.43. The molecule has 0 spiro atoms. The predicted octanol–water partition coefficient (Wildman–Crippen LogP) is 1.37. The molecule has 0 aliphatic carbocycles. The summed E-state index contributed by atoms with van der Waals surface area (Å²) in [4.78, 5) is 26.5. The van der Waals surface area contributed by atoms with Crippen molar-refractivity contribution < 1.29 is 9.59 Å². The number of hydrogen-bond donors (Lipinski definition) is 1. The molecule has 0 fully saturated rings. The first kappa shape index (κ1) is 8.11. The molecule has 1 amide bonds. The number of carbonyl (C=O) groups is 2. The summed E-state index contributed by atoms with van der Waals surface area (Å²) < 4.78 is 0. The second-order valence-electron chi connectivity index (χ2n) is 3.35. The number of nitrogens with one attached hydrogen (secondary N) is 1. The Labute approximate surface area is 84.9 Å². The third kappa shape index (κ3) is 0.985. The minimum absolute atomic E-state index is 0.221. The van der Waals surface area contributed by atoms with E-state index in [0.717, 1.165) is 10.8 Å². The van der Waals surface area contributed by atoms with Crippen LogP contribution in [0.4, 0.5) is 5.69 Å². The van der Waals surface area contributed by atoms with E-state index in [1.165, 1.54) is 0 Å². The van der Waals surface area contributed by atoms with Crippen LogP contribution >= 0.6 is 0 Å². The summed E-state index contributed by atoms with van der Waals surface area (Å²) in [5, 5.41) is 4.30. The summed E-state index contributed by atoms with van der Waals surface area (Å²) in [5.74, 6) is -1.16. The lowest BCUT2D eigenvalue weighted by Crippen LogP contribution is -2.12. The lowest BCUT2D eigenvalue weighted by atomic mass is 10.1. The molecule has 4 nitrogen and oxygen atoms in total. The van der Waals surface area contributed by atoms with Crippen molar-refractivity contribution in [2.75, 3.05) is 5.32 Å². The molecule has 1 aliphatic heterocycles. The Bertz CT molecular complexity index is 605. The standard InChI is InChI=1S/C11H6N2O2/c14-10-9-8(13-11(10)15)7-4-2-1-3-6(7)5-12-9/h1-5H,(H,13,14,15). The molecule has 2 heterocycles. The van der Waals surface area contributed by atoms with Gasteiger partial charge in [0.05, 0.1) is 5.69 Å². The van der Waals surface area contributed by atoms with Crippen LogP contribution in [0.2, 0.25) is 0 Å². The van der Waals surface area contributed by atoms with Gasteiger partial charge in [-0.25, -0.2) is 4.98 Å². The highest BCUT2D eigenvalue weighted by molar-refractivity contribution is 6.52. The Morgan fingerprint density at radius 2 is 1.93 bits per heavy atom. The van der Waals surface area contributed by atoms with E-state index in [4.69, 9.17) is 0 Å². The number of carbonyl (C=O) groups excluding carboxylic acids is 2. The van der Waals surface area contributed by atoms with Crippen LogP contribution in [0.3, 0.4) is 0 Å². The zero-order valence-electron chi connectivity index (χ0n) is 7.65. The van der Waals surface area contributed by atoms with E-state index in [-0.39, 0.29) is 5.69 Å². The minimum Gasteiger partial charge on any atom is -0.317 e. The fraction of sp³-hybridized carbons (Fsp3) is 0. The smallest absolute Gasteiger partial charge is 0.298 e. The van der Waals surface area contributed by atoms with Crippen LogP contribution in [0.15, 0.2) is 30.5 Å². The number of Topliss-reactive ketones (excluding diaryl/α,β-unsaturated/α-hetero) is 1. The Morgan fingerprint density at radius 3 is 2.80 bits per heavy atom. The molecule has 15 heavy (non-hydrogen) atoms. The van der Waals surface area contributed by atoms with Gasteiger partial charge in [-0.05, 0) is 0 Å². The number of anilines is 1. The number of rotatable bonds is 0. The summed E-state index contributed by atoms with van der Waals surface area (Å²) in [7, 11) is 0. The van der Waals surface area contributed by atoms with Crippen LogP contribution in [-0.4, -0.2) is 16.7 Å². The average Bonchev–Trinajstić information content (AvgIpc) is 2.56. The molecule has 2 aromatic rings. The first-order valence-corrected chi connectivity index (χ1v) is 4.51. The van der Waals surface area contributed by atoms with Crippen LogP contribution < -0.4 is 5.32 Å². The molecular formula is C11H6N2O2. The molecule has 0 unspecified atom stereocenters. The van der Waals surface area contributed by atoms with Gasteiger partial charge in [0, 0.05) is 17.0 Å². The largest absolute Gasteiger partial charge is 0.317 e. The number of benzene rings is 1. The maximum absolute atomic E-state index is 11.4. The highest BCUT2D eigenvalue weighted by atomic mass is 16.2. The SMILES string of the molecule is O=C1Nc2c(ncc3ccccc23)C1=O. The molecule has 3 rings (SSSR count). The summed E-state index contributed by atoms with van der Waals surface area (Å²) in [6.45, 7) is 0. The van der Waals surface area contributed by atoms with E-state index in [1.807, 2.05) is 24.3 Å². The highest BCUT2D eigenvalue weighted by Gasteiger charge is 2.30. The maximum atomic E-state index is 11.4. The van der Waals surface area contributed by atoms with Crippen molar-refractivity contribution in [3.05, 3.63) is 36.2 Å². The first-order valence-electron chi connectivity index (χ1n) is 4.51. The predicted molar refractivity (Wildman–Crippen MR) is 54.7 cm³/mol. The average molecular weight is 198 g/mol. The topological polar surface area (TPSA) is 59.1 Å². The number of aromatic nitrogens is 1. The third-order valence-electron chi connectivity index (χ3n) is 2.46. The lowest BCUT2D eigenvalue weighted by Gasteiger charge is -2.01. The normalized spacial score (nSPS) is 14.1. The zero-order valence-corrected chi connectivity index (χ0v) is 7.65. The molecule has 0 saturated heterocycles. The van der Waals surface area contributed by atoms with Crippen LogP contribution in [-0.2, 0) is 4.79 Å². The van der Waals surface area contributed by atoms with Crippen LogP contribution in [0.25, 0.3) is 10.8 Å². The van der Waals surface area contributed by atoms with E-state index in [0.29, 0.717) is 5.69 Å². The van der Waals surface area contributed by atoms with Gasteiger partial charge in [-0.2, -0.15) is 0 Å². The molecule has 0 atom stereocenters. The summed E-state index contributed by atoms with van der Waals surface area (Å²) in [6.07, 6.45) is 1.60. The van der Waals surface area contributed by atoms with Crippen LogP contribution in [0.1, 0.15) is 10.5 Å². The number of nitrogens with zero attached hydrogens (tertiary/aromatic N) is 1. The van der Waals surface area contributed by atoms with Gasteiger partial charge in [0.2, 0.25) is 0 Å². The molecule has 1 aromatic heterocycles. The van der Waals surface area contributed by atoms with Crippen molar-refractivity contribution in [3.63, 3.8) is 0 Å². The summed E-state index contributed by atoms with van der Waals surface area (Å²) in [5.41, 5.74) is 0.752. The van der Waals surface area contributed by atoms with Gasteiger partial charge in [0.15, 0.2) is 0 Å². The van der Waals surface area contributed by atoms with Crippen molar-refractivity contribution >= 4 is 28.2 Å². The van der Waals surface area contributed by atoms with Crippen molar-refractivity contribution in [2.45, 2.75) is 0 Å². The molecule has 1 aliphatic rings. The second kappa shape index (κ2) is 2.63. The molecule has 0 saturated carbocycles. The monoisotopic (exact) mass is 198 g/mol. The Kier molecular flexibility index (Phi) is 1.42. The van der Waals surface area contributed by atoms with Gasteiger partial charge in [-0.1, -0.05) is 24.3 Å². The van der Waals surface area contributed by atoms with Crippen molar-refractivity contribution in [3.8, 4) is 0 Å². The highest BCUT2D eigenvalue weighted by Crippen LogP contribution is 2.29. The molecule has 72 valence electrons. The van der Waals surface area contributed by atoms with Gasteiger partial charge < -0.3 is 5.32 Å². The van der Waals surface area contributed by atoms with Crippen molar-refractivity contribution in [1.29, 1.82) is 0 Å². The molecule has 0 radical (unpaired) electrons. The number of fused-ring (bicyclic) bond motifs is 3. The van der Waals surface area contributed by atoms with E-state index >= 15 is 0 Å². The molecule has 1 aromatic carbocycles. The fourth-order valence-electron chi connectivity index (χ4n) is 1.74. The molecule has 1 N–H and O–H groups in total. The van der Waals surface area contributed by atoms with Crippen molar-refractivity contribution in [1.82, 2.24) is 4.98 Å². The lowest BCUT2D eigenvalue weighted by molar-refractivity contribution is -0.112. The zero-order chi connectivity index (χ0) is 10.4. The quantitative estimate of drug-likeness (QED) is 0.650. The fourth-order valence-corrected chi connectivity index (χ4v) is 1.74. The van der Waals surface area contributed by atoms with Gasteiger partial charge in [-0.15, -0.1) is 0 Å². The van der Waals surface area contributed by atoms with E-state index in [2.05, 4.69) is 10.3 Å². The molecule has 4 heteroatoms. The van der Waals surface area contributed by atoms with Crippen molar-refractivity contribution in [2.24, 2.45) is 0 Å². The third-order valence-corrected chi connectivity index (χ3v) is 2.46. The molecule has 0 bridgehead atoms. The van der Waals surface area contributed by atoms with Crippen LogP contribution in [0.5, 0.6) is 0 Å². The molecular weight excluding hydrogens is 192 g/mol. The van der Waals surface area contributed by atoms with Gasteiger partial charge >= 0.3 is 0 Å². The Hall–Kier alpha value is -2.23. The van der Waals surface area contributed by atoms with Gasteiger partial charge in [0.25, 0.3) is 11.7 Å². The number of ketones is 1. The number of amides is 1. The van der Waals surface area contributed by atoms with Crippen LogP contribution in [0, 0.1) is 0 Å². The number of pyridine rings is 1.